The smallest absolute Gasteiger partial charge is 0.277 e. The Balaban J connectivity index is 1.55. The van der Waals surface area contributed by atoms with Gasteiger partial charge in [-0.25, -0.2) is 4.68 Å². The van der Waals surface area contributed by atoms with E-state index in [-0.39, 0.29) is 24.4 Å². The summed E-state index contributed by atoms with van der Waals surface area (Å²) in [4.78, 5) is 28.4. The Bertz CT molecular complexity index is 1050. The van der Waals surface area contributed by atoms with E-state index >= 15 is 0 Å². The Labute approximate surface area is 161 Å². The lowest BCUT2D eigenvalue weighted by atomic mass is 10.2. The molecule has 27 heavy (non-hydrogen) atoms. The number of fused-ring (bicyclic) bond motifs is 2. The number of hydrogen-bond donors (Lipinski definition) is 0. The number of aromatic nitrogens is 3. The molecular weight excluding hydrogens is 360 g/mol. The minimum atomic E-state index is -0.214. The van der Waals surface area contributed by atoms with Gasteiger partial charge in [0.2, 0.25) is 5.91 Å². The number of carbonyl (C=O) groups excluding carboxylic acids is 1. The maximum Gasteiger partial charge on any atom is 0.277 e. The summed E-state index contributed by atoms with van der Waals surface area (Å²) in [5.41, 5.74) is 1.31. The van der Waals surface area contributed by atoms with Gasteiger partial charge in [-0.1, -0.05) is 36.4 Å². The second-order valence-electron chi connectivity index (χ2n) is 6.62. The van der Waals surface area contributed by atoms with Crippen LogP contribution in [0, 0.1) is 0 Å². The second-order valence-corrected chi connectivity index (χ2v) is 8.10. The number of aryl methyl sites for hydroxylation is 1. The number of amides is 1. The molecule has 4 rings (SSSR count). The van der Waals surface area contributed by atoms with Crippen molar-refractivity contribution in [3.63, 3.8) is 0 Å². The van der Waals surface area contributed by atoms with Crippen molar-refractivity contribution in [3.05, 3.63) is 58.9 Å². The topological polar surface area (TPSA) is 68.1 Å². The van der Waals surface area contributed by atoms with Crippen LogP contribution in [0.1, 0.15) is 19.8 Å². The summed E-state index contributed by atoms with van der Waals surface area (Å²) in [5, 5.41) is 9.03. The normalized spacial score (nSPS) is 16.8. The molecule has 1 aliphatic heterocycles. The van der Waals surface area contributed by atoms with Crippen LogP contribution in [0.2, 0.25) is 0 Å². The van der Waals surface area contributed by atoms with Crippen molar-refractivity contribution in [1.29, 1.82) is 0 Å². The first kappa shape index (κ1) is 17.7. The summed E-state index contributed by atoms with van der Waals surface area (Å²) in [5.74, 6) is -0.000918. The van der Waals surface area contributed by atoms with Crippen molar-refractivity contribution in [2.24, 2.45) is 0 Å². The van der Waals surface area contributed by atoms with E-state index in [0.29, 0.717) is 22.7 Å². The van der Waals surface area contributed by atoms with Gasteiger partial charge in [0, 0.05) is 23.1 Å². The summed E-state index contributed by atoms with van der Waals surface area (Å²) in [6.07, 6.45) is 1.14. The molecule has 0 unspecified atom stereocenters. The predicted molar refractivity (Wildman–Crippen MR) is 107 cm³/mol. The highest BCUT2D eigenvalue weighted by Crippen LogP contribution is 2.37. The van der Waals surface area contributed by atoms with Crippen molar-refractivity contribution >= 4 is 34.3 Å². The Hall–Kier alpha value is -2.67. The second kappa shape index (κ2) is 7.52. The molecule has 2 heterocycles. The minimum absolute atomic E-state index is 0.000918. The molecule has 0 aliphatic carbocycles. The van der Waals surface area contributed by atoms with Crippen LogP contribution in [0.25, 0.3) is 10.9 Å². The third-order valence-electron chi connectivity index (χ3n) is 4.71. The van der Waals surface area contributed by atoms with Crippen molar-refractivity contribution in [2.75, 3.05) is 11.4 Å². The number of rotatable bonds is 3. The van der Waals surface area contributed by atoms with Crippen LogP contribution in [-0.2, 0) is 11.3 Å². The molecule has 0 spiro atoms. The fourth-order valence-corrected chi connectivity index (χ4v) is 4.37. The van der Waals surface area contributed by atoms with Crippen LogP contribution >= 0.6 is 11.8 Å². The van der Waals surface area contributed by atoms with Gasteiger partial charge in [-0.15, -0.1) is 16.9 Å². The lowest BCUT2D eigenvalue weighted by Crippen LogP contribution is -2.34. The van der Waals surface area contributed by atoms with Gasteiger partial charge in [0.1, 0.15) is 5.52 Å². The van der Waals surface area contributed by atoms with Crippen LogP contribution in [0.3, 0.4) is 0 Å². The van der Waals surface area contributed by atoms with Crippen molar-refractivity contribution < 1.29 is 4.79 Å². The lowest BCUT2D eigenvalue weighted by Gasteiger charge is -2.22. The molecule has 1 aromatic heterocycles. The summed E-state index contributed by atoms with van der Waals surface area (Å²) >= 11 is 1.80. The van der Waals surface area contributed by atoms with Gasteiger partial charge in [0.05, 0.1) is 17.6 Å². The third kappa shape index (κ3) is 3.60. The number of carbonyl (C=O) groups is 1. The molecular formula is C20H20N4O2S. The molecule has 1 atom stereocenters. The zero-order valence-corrected chi connectivity index (χ0v) is 15.9. The van der Waals surface area contributed by atoms with E-state index in [1.807, 2.05) is 29.2 Å². The molecule has 7 heteroatoms. The molecule has 138 valence electrons. The maximum atomic E-state index is 12.9. The van der Waals surface area contributed by atoms with E-state index in [1.165, 1.54) is 4.68 Å². The first-order valence-electron chi connectivity index (χ1n) is 9.02. The van der Waals surface area contributed by atoms with Gasteiger partial charge in [-0.2, -0.15) is 0 Å². The standard InChI is InChI=1S/C20H20N4O2S/c1-14-10-12-23(17-8-4-5-9-18(17)27-14)19(25)11-13-24-20(26)15-6-2-3-7-16(15)21-22-24/h2-9,14H,10-13H2,1H3/t14-/m0/s1. The van der Waals surface area contributed by atoms with Crippen LogP contribution in [0.5, 0.6) is 0 Å². The molecule has 0 saturated heterocycles. The number of para-hydroxylation sites is 1. The van der Waals surface area contributed by atoms with E-state index in [9.17, 15) is 9.59 Å². The molecule has 2 aromatic carbocycles. The number of benzene rings is 2. The Morgan fingerprint density at radius 1 is 1.19 bits per heavy atom. The Kier molecular flexibility index (Phi) is 4.94. The molecule has 0 bridgehead atoms. The summed E-state index contributed by atoms with van der Waals surface area (Å²) < 4.78 is 1.28. The van der Waals surface area contributed by atoms with E-state index < -0.39 is 0 Å². The SMILES string of the molecule is C[C@H]1CCN(C(=O)CCn2nnc3ccccc3c2=O)c2ccccc2S1. The van der Waals surface area contributed by atoms with Gasteiger partial charge >= 0.3 is 0 Å². The summed E-state index contributed by atoms with van der Waals surface area (Å²) in [6, 6.07) is 15.1. The van der Waals surface area contributed by atoms with E-state index in [2.05, 4.69) is 23.3 Å². The fourth-order valence-electron chi connectivity index (χ4n) is 3.25. The molecule has 1 amide bonds. The number of anilines is 1. The van der Waals surface area contributed by atoms with Crippen molar-refractivity contribution in [2.45, 2.75) is 36.5 Å². The van der Waals surface area contributed by atoms with E-state index in [1.54, 1.807) is 30.0 Å². The highest BCUT2D eigenvalue weighted by atomic mass is 32.2. The molecule has 3 aromatic rings. The van der Waals surface area contributed by atoms with Gasteiger partial charge in [0.15, 0.2) is 0 Å². The summed E-state index contributed by atoms with van der Waals surface area (Å²) in [7, 11) is 0. The lowest BCUT2D eigenvalue weighted by molar-refractivity contribution is -0.118. The molecule has 0 fully saturated rings. The summed E-state index contributed by atoms with van der Waals surface area (Å²) in [6.45, 7) is 3.08. The van der Waals surface area contributed by atoms with E-state index in [4.69, 9.17) is 0 Å². The number of hydrogen-bond acceptors (Lipinski definition) is 5. The molecule has 1 aliphatic rings. The highest BCUT2D eigenvalue weighted by Gasteiger charge is 2.24. The van der Waals surface area contributed by atoms with Gasteiger partial charge < -0.3 is 4.90 Å². The fraction of sp³-hybridized carbons (Fsp3) is 0.300. The van der Waals surface area contributed by atoms with Crippen LogP contribution < -0.4 is 10.5 Å². The quantitative estimate of drug-likeness (QED) is 0.698. The molecule has 0 N–H and O–H groups in total. The Morgan fingerprint density at radius 3 is 2.85 bits per heavy atom. The largest absolute Gasteiger partial charge is 0.311 e. The number of thioether (sulfide) groups is 1. The first-order valence-corrected chi connectivity index (χ1v) is 9.90. The van der Waals surface area contributed by atoms with Crippen molar-refractivity contribution in [3.8, 4) is 0 Å². The monoisotopic (exact) mass is 380 g/mol. The zero-order valence-electron chi connectivity index (χ0n) is 15.0. The first-order chi connectivity index (χ1) is 13.1. The van der Waals surface area contributed by atoms with Crippen LogP contribution in [-0.4, -0.2) is 32.7 Å². The van der Waals surface area contributed by atoms with Gasteiger partial charge in [0.25, 0.3) is 5.56 Å². The molecule has 6 nitrogen and oxygen atoms in total. The van der Waals surface area contributed by atoms with Gasteiger partial charge in [-0.05, 0) is 30.7 Å². The predicted octanol–water partition coefficient (Wildman–Crippen LogP) is 3.10. The zero-order chi connectivity index (χ0) is 18.8. The Morgan fingerprint density at radius 2 is 1.96 bits per heavy atom. The van der Waals surface area contributed by atoms with Crippen LogP contribution in [0.4, 0.5) is 5.69 Å². The van der Waals surface area contributed by atoms with Crippen LogP contribution in [0.15, 0.2) is 58.2 Å². The highest BCUT2D eigenvalue weighted by molar-refractivity contribution is 8.00. The molecule has 0 saturated carbocycles. The van der Waals surface area contributed by atoms with Gasteiger partial charge in [-0.3, -0.25) is 9.59 Å². The minimum Gasteiger partial charge on any atom is -0.311 e. The van der Waals surface area contributed by atoms with E-state index in [0.717, 1.165) is 17.0 Å². The average molecular weight is 380 g/mol. The average Bonchev–Trinajstić information content (AvgIpc) is 2.85. The maximum absolute atomic E-state index is 12.9. The third-order valence-corrected chi connectivity index (χ3v) is 5.95. The number of nitrogens with zero attached hydrogens (tertiary/aromatic N) is 4. The molecule has 0 radical (unpaired) electrons. The van der Waals surface area contributed by atoms with Crippen molar-refractivity contribution in [1.82, 2.24) is 15.0 Å².